The molecule has 8 heteroatoms. The zero-order valence-corrected chi connectivity index (χ0v) is 18.3. The monoisotopic (exact) mass is 397 g/mol. The Morgan fingerprint density at radius 1 is 0.875 bits per heavy atom. The molecule has 0 bridgehead atoms. The first kappa shape index (κ1) is 24.4. The second-order valence-electron chi connectivity index (χ2n) is 5.62. The van der Waals surface area contributed by atoms with Crippen molar-refractivity contribution in [2.75, 3.05) is 24.7 Å². The Bertz CT molecular complexity index is 338. The van der Waals surface area contributed by atoms with Crippen molar-refractivity contribution in [1.82, 2.24) is 4.67 Å². The molecule has 0 saturated carbocycles. The molecule has 0 fully saturated rings. The first-order valence-corrected chi connectivity index (χ1v) is 11.6. The number of hydrogen-bond acceptors (Lipinski definition) is 7. The summed E-state index contributed by atoms with van der Waals surface area (Å²) in [6.45, 7) is 13.2. The smallest absolute Gasteiger partial charge is 0.259 e. The van der Waals surface area contributed by atoms with Crippen molar-refractivity contribution >= 4 is 42.3 Å². The van der Waals surface area contributed by atoms with Gasteiger partial charge in [-0.2, -0.15) is 0 Å². The van der Waals surface area contributed by atoms with Crippen LogP contribution in [0.1, 0.15) is 54.4 Å². The molecule has 0 aliphatic heterocycles. The summed E-state index contributed by atoms with van der Waals surface area (Å²) in [5.74, 6) is 1.28. The zero-order chi connectivity index (χ0) is 18.5. The van der Waals surface area contributed by atoms with E-state index in [1.165, 1.54) is 23.5 Å². The summed E-state index contributed by atoms with van der Waals surface area (Å²) >= 11 is 2.61. The number of nitrogens with zero attached hydrogens (tertiary/aromatic N) is 1. The fourth-order valence-electron chi connectivity index (χ4n) is 1.89. The molecular weight excluding hydrogens is 365 g/mol. The van der Waals surface area contributed by atoms with Crippen LogP contribution < -0.4 is 0 Å². The minimum Gasteiger partial charge on any atom is -0.321 e. The van der Waals surface area contributed by atoms with Crippen LogP contribution in [0, 0.1) is 0 Å². The summed E-state index contributed by atoms with van der Waals surface area (Å²) in [6.07, 6.45) is 1.09. The van der Waals surface area contributed by atoms with E-state index in [1.54, 1.807) is 0 Å². The Hall–Kier alpha value is 0.350. The van der Waals surface area contributed by atoms with Crippen LogP contribution in [-0.4, -0.2) is 51.7 Å². The van der Waals surface area contributed by atoms with Gasteiger partial charge in [0.1, 0.15) is 0 Å². The van der Waals surface area contributed by atoms with Crippen molar-refractivity contribution in [3.8, 4) is 0 Å². The second-order valence-corrected chi connectivity index (χ2v) is 9.38. The van der Waals surface area contributed by atoms with Crippen molar-refractivity contribution < 1.29 is 18.6 Å². The van der Waals surface area contributed by atoms with Crippen LogP contribution in [0.15, 0.2) is 0 Å². The SMILES string of the molecule is CCC(=O)SCCOP(OCCSC(=O)CC)N(C(C)C)C(C)C. The number of carbonyl (C=O) groups is 2. The number of thioether (sulfide) groups is 2. The zero-order valence-electron chi connectivity index (χ0n) is 15.7. The molecule has 0 aromatic rings. The lowest BCUT2D eigenvalue weighted by Crippen LogP contribution is -2.34. The molecule has 0 N–H and O–H groups in total. The molecule has 0 aromatic carbocycles. The van der Waals surface area contributed by atoms with Crippen LogP contribution in [0.4, 0.5) is 0 Å². The first-order chi connectivity index (χ1) is 11.3. The molecule has 0 heterocycles. The van der Waals surface area contributed by atoms with E-state index in [0.717, 1.165) is 0 Å². The largest absolute Gasteiger partial charge is 0.321 e. The molecule has 142 valence electrons. The highest BCUT2D eigenvalue weighted by Crippen LogP contribution is 2.46. The molecule has 0 saturated heterocycles. The predicted octanol–water partition coefficient (Wildman–Crippen LogP) is 4.70. The van der Waals surface area contributed by atoms with Crippen molar-refractivity contribution in [2.45, 2.75) is 66.5 Å². The number of carbonyl (C=O) groups excluding carboxylic acids is 2. The summed E-state index contributed by atoms with van der Waals surface area (Å²) in [7, 11) is -1.19. The molecule has 0 aromatic heterocycles. The Morgan fingerprint density at radius 2 is 1.25 bits per heavy atom. The number of rotatable bonds is 13. The normalized spacial score (nSPS) is 11.9. The van der Waals surface area contributed by atoms with E-state index in [0.29, 0.717) is 49.6 Å². The van der Waals surface area contributed by atoms with Gasteiger partial charge in [-0.3, -0.25) is 9.59 Å². The lowest BCUT2D eigenvalue weighted by molar-refractivity contribution is -0.111. The van der Waals surface area contributed by atoms with E-state index in [1.807, 2.05) is 13.8 Å². The standard InChI is InChI=1S/C16H32NO4PS2/c1-7-15(18)23-11-9-20-22(17(13(3)4)14(5)6)21-10-12-24-16(19)8-2/h13-14H,7-12H2,1-6H3. The van der Waals surface area contributed by atoms with E-state index < -0.39 is 8.53 Å². The molecule has 0 aliphatic rings. The topological polar surface area (TPSA) is 55.8 Å². The van der Waals surface area contributed by atoms with Gasteiger partial charge in [0.15, 0.2) is 10.2 Å². The van der Waals surface area contributed by atoms with Gasteiger partial charge in [-0.25, -0.2) is 4.67 Å². The van der Waals surface area contributed by atoms with Gasteiger partial charge in [-0.05, 0) is 27.7 Å². The summed E-state index contributed by atoms with van der Waals surface area (Å²) in [5, 5.41) is 0.366. The third-order valence-corrected chi connectivity index (χ3v) is 6.99. The van der Waals surface area contributed by atoms with Crippen LogP contribution >= 0.6 is 32.0 Å². The minimum atomic E-state index is -1.19. The maximum Gasteiger partial charge on any atom is 0.259 e. The molecule has 0 aliphatic carbocycles. The van der Waals surface area contributed by atoms with Gasteiger partial charge >= 0.3 is 0 Å². The average Bonchev–Trinajstić information content (AvgIpc) is 2.53. The van der Waals surface area contributed by atoms with Crippen molar-refractivity contribution in [2.24, 2.45) is 0 Å². The van der Waals surface area contributed by atoms with Gasteiger partial charge in [-0.1, -0.05) is 37.4 Å². The molecule has 0 unspecified atom stereocenters. The Kier molecular flexibility index (Phi) is 14.7. The highest BCUT2D eigenvalue weighted by molar-refractivity contribution is 8.13. The van der Waals surface area contributed by atoms with Gasteiger partial charge in [0, 0.05) is 36.4 Å². The first-order valence-electron chi connectivity index (χ1n) is 8.48. The summed E-state index contributed by atoms with van der Waals surface area (Å²) in [5.41, 5.74) is 0. The average molecular weight is 398 g/mol. The van der Waals surface area contributed by atoms with Gasteiger partial charge in [0.05, 0.1) is 13.2 Å². The predicted molar refractivity (Wildman–Crippen MR) is 106 cm³/mol. The summed E-state index contributed by atoms with van der Waals surface area (Å²) in [4.78, 5) is 22.7. The third kappa shape index (κ3) is 11.1. The molecular formula is C16H32NO4PS2. The fraction of sp³-hybridized carbons (Fsp3) is 0.875. The van der Waals surface area contributed by atoms with Crippen molar-refractivity contribution in [3.63, 3.8) is 0 Å². The van der Waals surface area contributed by atoms with Crippen LogP contribution in [0.25, 0.3) is 0 Å². The van der Waals surface area contributed by atoms with Crippen LogP contribution in [-0.2, 0) is 18.6 Å². The minimum absolute atomic E-state index is 0.183. The maximum absolute atomic E-state index is 11.3. The molecule has 0 radical (unpaired) electrons. The van der Waals surface area contributed by atoms with Crippen molar-refractivity contribution in [3.05, 3.63) is 0 Å². The Labute approximate surface area is 156 Å². The summed E-state index contributed by atoms with van der Waals surface area (Å²) < 4.78 is 14.1. The van der Waals surface area contributed by atoms with Crippen molar-refractivity contribution in [1.29, 1.82) is 0 Å². The van der Waals surface area contributed by atoms with E-state index in [2.05, 4.69) is 32.4 Å². The molecule has 5 nitrogen and oxygen atoms in total. The van der Waals surface area contributed by atoms with Crippen LogP contribution in [0.3, 0.4) is 0 Å². The molecule has 0 atom stereocenters. The van der Waals surface area contributed by atoms with E-state index in [-0.39, 0.29) is 10.2 Å². The van der Waals surface area contributed by atoms with E-state index in [9.17, 15) is 9.59 Å². The van der Waals surface area contributed by atoms with Gasteiger partial charge in [0.25, 0.3) is 8.53 Å². The number of hydrogen-bond donors (Lipinski definition) is 0. The van der Waals surface area contributed by atoms with Crippen LogP contribution in [0.5, 0.6) is 0 Å². The van der Waals surface area contributed by atoms with Gasteiger partial charge in [-0.15, -0.1) is 0 Å². The maximum atomic E-state index is 11.3. The lowest BCUT2D eigenvalue weighted by atomic mass is 10.3. The fourth-order valence-corrected chi connectivity index (χ4v) is 4.92. The lowest BCUT2D eigenvalue weighted by Gasteiger charge is -2.35. The molecule has 0 amide bonds. The quantitative estimate of drug-likeness (QED) is 0.330. The summed E-state index contributed by atoms with van der Waals surface area (Å²) in [6, 6.07) is 0.594. The Morgan fingerprint density at radius 3 is 1.54 bits per heavy atom. The van der Waals surface area contributed by atoms with Crippen LogP contribution in [0.2, 0.25) is 0 Å². The van der Waals surface area contributed by atoms with E-state index >= 15 is 0 Å². The molecule has 0 spiro atoms. The van der Waals surface area contributed by atoms with E-state index in [4.69, 9.17) is 9.05 Å². The molecule has 0 rings (SSSR count). The third-order valence-electron chi connectivity index (χ3n) is 2.92. The van der Waals surface area contributed by atoms with Gasteiger partial charge < -0.3 is 9.05 Å². The Balaban J connectivity index is 4.47. The van der Waals surface area contributed by atoms with Gasteiger partial charge in [0.2, 0.25) is 0 Å². The highest BCUT2D eigenvalue weighted by atomic mass is 32.2. The second kappa shape index (κ2) is 14.5. The molecule has 24 heavy (non-hydrogen) atoms. The highest BCUT2D eigenvalue weighted by Gasteiger charge is 2.27.